The van der Waals surface area contributed by atoms with Crippen LogP contribution in [0.25, 0.3) is 0 Å². The largest absolute Gasteiger partial charge is 0.491 e. The fourth-order valence-electron chi connectivity index (χ4n) is 2.18. The van der Waals surface area contributed by atoms with Crippen LogP contribution in [0.1, 0.15) is 34.6 Å². The molecule has 0 saturated heterocycles. The van der Waals surface area contributed by atoms with E-state index in [1.165, 1.54) is 36.4 Å². The number of rotatable bonds is 7. The standard InChI is InChI=1S/C18H20N2O6S/c1-12(2)26-14-10-8-13(9-11-14)17(21)19-20-27(23,24)16-7-5-4-6-15(16)18(22)25-3/h4-12,20H,1-3H3,(H,19,21). The van der Waals surface area contributed by atoms with Crippen LogP contribution in [-0.4, -0.2) is 33.5 Å². The highest BCUT2D eigenvalue weighted by atomic mass is 32.2. The van der Waals surface area contributed by atoms with E-state index in [0.29, 0.717) is 5.75 Å². The van der Waals surface area contributed by atoms with Crippen molar-refractivity contribution in [1.82, 2.24) is 10.3 Å². The van der Waals surface area contributed by atoms with E-state index in [1.807, 2.05) is 18.7 Å². The number of hydrazine groups is 1. The third-order valence-corrected chi connectivity index (χ3v) is 4.67. The normalized spacial score (nSPS) is 11.1. The summed E-state index contributed by atoms with van der Waals surface area (Å²) in [5.74, 6) is -0.873. The summed E-state index contributed by atoms with van der Waals surface area (Å²) in [6.07, 6.45) is -0.00800. The molecule has 0 aliphatic rings. The number of hydrogen-bond acceptors (Lipinski definition) is 6. The molecule has 2 N–H and O–H groups in total. The summed E-state index contributed by atoms with van der Waals surface area (Å²) in [4.78, 5) is 25.6. The Morgan fingerprint density at radius 1 is 1.00 bits per heavy atom. The molecular weight excluding hydrogens is 372 g/mol. The Bertz CT molecular complexity index is 923. The first-order chi connectivity index (χ1) is 12.7. The Balaban J connectivity index is 2.11. The van der Waals surface area contributed by atoms with Crippen LogP contribution in [0.2, 0.25) is 0 Å². The van der Waals surface area contributed by atoms with Gasteiger partial charge in [0.1, 0.15) is 5.75 Å². The molecule has 0 fully saturated rings. The second-order valence-electron chi connectivity index (χ2n) is 5.74. The van der Waals surface area contributed by atoms with Crippen LogP contribution in [0.5, 0.6) is 5.75 Å². The molecule has 0 bridgehead atoms. The molecule has 2 aromatic carbocycles. The van der Waals surface area contributed by atoms with E-state index in [2.05, 4.69) is 10.2 Å². The summed E-state index contributed by atoms with van der Waals surface area (Å²) in [5.41, 5.74) is 2.20. The van der Waals surface area contributed by atoms with Crippen molar-refractivity contribution in [3.05, 3.63) is 59.7 Å². The minimum absolute atomic E-state index is 0.00800. The van der Waals surface area contributed by atoms with Gasteiger partial charge >= 0.3 is 5.97 Å². The SMILES string of the molecule is COC(=O)c1ccccc1S(=O)(=O)NNC(=O)c1ccc(OC(C)C)cc1. The van der Waals surface area contributed by atoms with Crippen LogP contribution < -0.4 is 15.0 Å². The van der Waals surface area contributed by atoms with Gasteiger partial charge in [0.15, 0.2) is 0 Å². The molecule has 2 aromatic rings. The quantitative estimate of drug-likeness (QED) is 0.550. The van der Waals surface area contributed by atoms with Crippen LogP contribution >= 0.6 is 0 Å². The molecule has 2 rings (SSSR count). The zero-order valence-corrected chi connectivity index (χ0v) is 15.9. The Morgan fingerprint density at radius 3 is 2.22 bits per heavy atom. The molecule has 0 atom stereocenters. The molecule has 0 saturated carbocycles. The number of carbonyl (C=O) groups is 2. The van der Waals surface area contributed by atoms with E-state index in [9.17, 15) is 18.0 Å². The molecule has 9 heteroatoms. The molecular formula is C18H20N2O6S. The van der Waals surface area contributed by atoms with E-state index in [4.69, 9.17) is 4.74 Å². The smallest absolute Gasteiger partial charge is 0.339 e. The van der Waals surface area contributed by atoms with Crippen molar-refractivity contribution >= 4 is 21.9 Å². The first-order valence-corrected chi connectivity index (χ1v) is 9.49. The van der Waals surface area contributed by atoms with Gasteiger partial charge in [-0.2, -0.15) is 0 Å². The Labute approximate surface area is 157 Å². The van der Waals surface area contributed by atoms with E-state index >= 15 is 0 Å². The van der Waals surface area contributed by atoms with Crippen molar-refractivity contribution in [3.8, 4) is 5.75 Å². The number of benzene rings is 2. The highest BCUT2D eigenvalue weighted by Crippen LogP contribution is 2.16. The van der Waals surface area contributed by atoms with Gasteiger partial charge in [-0.15, -0.1) is 4.83 Å². The predicted molar refractivity (Wildman–Crippen MR) is 97.8 cm³/mol. The lowest BCUT2D eigenvalue weighted by atomic mass is 10.2. The lowest BCUT2D eigenvalue weighted by molar-refractivity contribution is 0.0596. The molecule has 0 aliphatic carbocycles. The van der Waals surface area contributed by atoms with Gasteiger partial charge in [-0.1, -0.05) is 12.1 Å². The van der Waals surface area contributed by atoms with Crippen molar-refractivity contribution in [2.75, 3.05) is 7.11 Å². The zero-order valence-electron chi connectivity index (χ0n) is 15.1. The minimum atomic E-state index is -4.18. The maximum atomic E-state index is 12.4. The lowest BCUT2D eigenvalue weighted by Gasteiger charge is -2.12. The molecule has 27 heavy (non-hydrogen) atoms. The van der Waals surface area contributed by atoms with E-state index < -0.39 is 21.9 Å². The van der Waals surface area contributed by atoms with Crippen molar-refractivity contribution in [2.45, 2.75) is 24.8 Å². The second kappa shape index (κ2) is 8.65. The maximum absolute atomic E-state index is 12.4. The number of sulfonamides is 1. The highest BCUT2D eigenvalue weighted by Gasteiger charge is 2.23. The Hall–Kier alpha value is -2.91. The third-order valence-electron chi connectivity index (χ3n) is 3.37. The topological polar surface area (TPSA) is 111 Å². The van der Waals surface area contributed by atoms with Gasteiger partial charge in [0.05, 0.1) is 23.7 Å². The van der Waals surface area contributed by atoms with E-state index in [0.717, 1.165) is 7.11 Å². The molecule has 144 valence electrons. The summed E-state index contributed by atoms with van der Waals surface area (Å²) < 4.78 is 34.9. The third kappa shape index (κ3) is 5.28. The summed E-state index contributed by atoms with van der Waals surface area (Å²) in [7, 11) is -3.03. The van der Waals surface area contributed by atoms with Crippen molar-refractivity contribution in [2.24, 2.45) is 0 Å². The molecule has 1 amide bonds. The monoisotopic (exact) mass is 392 g/mol. The van der Waals surface area contributed by atoms with Crippen molar-refractivity contribution < 1.29 is 27.5 Å². The van der Waals surface area contributed by atoms with Crippen LogP contribution in [0.3, 0.4) is 0 Å². The molecule has 0 spiro atoms. The number of ether oxygens (including phenoxy) is 2. The summed E-state index contributed by atoms with van der Waals surface area (Å²) >= 11 is 0. The van der Waals surface area contributed by atoms with Gasteiger partial charge < -0.3 is 9.47 Å². The average molecular weight is 392 g/mol. The fraction of sp³-hybridized carbons (Fsp3) is 0.222. The average Bonchev–Trinajstić information content (AvgIpc) is 2.65. The fourth-order valence-corrected chi connectivity index (χ4v) is 3.21. The predicted octanol–water partition coefficient (Wildman–Crippen LogP) is 1.88. The van der Waals surface area contributed by atoms with E-state index in [-0.39, 0.29) is 22.1 Å². The van der Waals surface area contributed by atoms with E-state index in [1.54, 1.807) is 12.1 Å². The first-order valence-electron chi connectivity index (χ1n) is 8.01. The number of methoxy groups -OCH3 is 1. The van der Waals surface area contributed by atoms with Crippen molar-refractivity contribution in [1.29, 1.82) is 0 Å². The van der Waals surface area contributed by atoms with Crippen LogP contribution in [0.4, 0.5) is 0 Å². The molecule has 8 nitrogen and oxygen atoms in total. The number of nitrogens with one attached hydrogen (secondary N) is 2. The number of amides is 1. The lowest BCUT2D eigenvalue weighted by Crippen LogP contribution is -2.42. The summed E-state index contributed by atoms with van der Waals surface area (Å²) in [5, 5.41) is 0. The molecule has 0 radical (unpaired) electrons. The number of esters is 1. The Morgan fingerprint density at radius 2 is 1.63 bits per heavy atom. The van der Waals surface area contributed by atoms with Crippen LogP contribution in [-0.2, 0) is 14.8 Å². The van der Waals surface area contributed by atoms with Crippen molar-refractivity contribution in [3.63, 3.8) is 0 Å². The zero-order chi connectivity index (χ0) is 20.0. The van der Waals surface area contributed by atoms with Crippen LogP contribution in [0.15, 0.2) is 53.4 Å². The summed E-state index contributed by atoms with van der Waals surface area (Å²) in [6.45, 7) is 3.75. The highest BCUT2D eigenvalue weighted by molar-refractivity contribution is 7.89. The molecule has 0 aromatic heterocycles. The van der Waals surface area contributed by atoms with Gasteiger partial charge in [0.25, 0.3) is 15.9 Å². The molecule has 0 unspecified atom stereocenters. The minimum Gasteiger partial charge on any atom is -0.491 e. The second-order valence-corrected chi connectivity index (χ2v) is 7.39. The number of hydrogen-bond donors (Lipinski definition) is 2. The van der Waals surface area contributed by atoms with Gasteiger partial charge in [-0.3, -0.25) is 10.2 Å². The Kier molecular flexibility index (Phi) is 6.54. The van der Waals surface area contributed by atoms with Gasteiger partial charge in [-0.25, -0.2) is 13.2 Å². The van der Waals surface area contributed by atoms with Gasteiger partial charge in [-0.05, 0) is 50.2 Å². The first kappa shape index (κ1) is 20.4. The molecule has 0 heterocycles. The summed E-state index contributed by atoms with van der Waals surface area (Å²) in [6, 6.07) is 11.7. The van der Waals surface area contributed by atoms with Gasteiger partial charge in [0, 0.05) is 5.56 Å². The molecule has 0 aliphatic heterocycles. The maximum Gasteiger partial charge on any atom is 0.339 e. The number of carbonyl (C=O) groups excluding carboxylic acids is 2. The van der Waals surface area contributed by atoms with Gasteiger partial charge in [0.2, 0.25) is 0 Å². The van der Waals surface area contributed by atoms with Crippen LogP contribution in [0, 0.1) is 0 Å².